The number of benzene rings is 1. The van der Waals surface area contributed by atoms with Crippen molar-refractivity contribution in [3.63, 3.8) is 0 Å². The van der Waals surface area contributed by atoms with Crippen LogP contribution >= 0.6 is 0 Å². The molecule has 19 heavy (non-hydrogen) atoms. The van der Waals surface area contributed by atoms with E-state index in [-0.39, 0.29) is 0 Å². The van der Waals surface area contributed by atoms with Gasteiger partial charge in [0.15, 0.2) is 0 Å². The molecule has 0 aliphatic heterocycles. The molecule has 0 atom stereocenters. The van der Waals surface area contributed by atoms with Crippen LogP contribution < -0.4 is 10.1 Å². The van der Waals surface area contributed by atoms with Crippen LogP contribution in [-0.4, -0.2) is 20.2 Å². The zero-order chi connectivity index (χ0) is 14.1. The van der Waals surface area contributed by atoms with Crippen LogP contribution in [0.15, 0.2) is 18.2 Å². The molecular weight excluding hydrogens is 234 g/mol. The first-order chi connectivity index (χ1) is 9.15. The SMILES string of the molecule is CNCCCCCCOc1ccc(C(C)C)c(C)c1. The van der Waals surface area contributed by atoms with Gasteiger partial charge in [-0.2, -0.15) is 0 Å². The summed E-state index contributed by atoms with van der Waals surface area (Å²) in [4.78, 5) is 0. The van der Waals surface area contributed by atoms with E-state index in [0.717, 1.165) is 25.3 Å². The van der Waals surface area contributed by atoms with Gasteiger partial charge in [-0.15, -0.1) is 0 Å². The van der Waals surface area contributed by atoms with E-state index in [1.807, 2.05) is 7.05 Å². The number of nitrogens with one attached hydrogen (secondary N) is 1. The molecule has 0 unspecified atom stereocenters. The normalized spacial score (nSPS) is 11.0. The van der Waals surface area contributed by atoms with Gasteiger partial charge in [0, 0.05) is 0 Å². The monoisotopic (exact) mass is 263 g/mol. The van der Waals surface area contributed by atoms with Crippen LogP contribution in [0.5, 0.6) is 5.75 Å². The lowest BCUT2D eigenvalue weighted by Gasteiger charge is -2.12. The summed E-state index contributed by atoms with van der Waals surface area (Å²) in [5.74, 6) is 1.60. The third-order valence-corrected chi connectivity index (χ3v) is 3.45. The average Bonchev–Trinajstić information content (AvgIpc) is 2.37. The van der Waals surface area contributed by atoms with E-state index in [4.69, 9.17) is 4.74 Å². The zero-order valence-corrected chi connectivity index (χ0v) is 13.0. The Morgan fingerprint density at radius 1 is 1.11 bits per heavy atom. The zero-order valence-electron chi connectivity index (χ0n) is 13.0. The molecule has 2 heteroatoms. The lowest BCUT2D eigenvalue weighted by Crippen LogP contribution is -2.07. The maximum atomic E-state index is 5.81. The number of hydrogen-bond acceptors (Lipinski definition) is 2. The molecule has 0 saturated carbocycles. The van der Waals surface area contributed by atoms with Crippen LogP contribution in [-0.2, 0) is 0 Å². The minimum atomic E-state index is 0.584. The average molecular weight is 263 g/mol. The summed E-state index contributed by atoms with van der Waals surface area (Å²) in [6, 6.07) is 6.46. The molecule has 0 amide bonds. The van der Waals surface area contributed by atoms with Crippen molar-refractivity contribution in [3.05, 3.63) is 29.3 Å². The van der Waals surface area contributed by atoms with Crippen molar-refractivity contribution < 1.29 is 4.74 Å². The first kappa shape index (κ1) is 16.0. The lowest BCUT2D eigenvalue weighted by molar-refractivity contribution is 0.304. The van der Waals surface area contributed by atoms with Crippen LogP contribution in [0.1, 0.15) is 56.6 Å². The number of hydrogen-bond donors (Lipinski definition) is 1. The molecule has 0 spiro atoms. The van der Waals surface area contributed by atoms with Gasteiger partial charge in [0.2, 0.25) is 0 Å². The molecule has 2 nitrogen and oxygen atoms in total. The molecule has 0 aliphatic carbocycles. The predicted octanol–water partition coefficient (Wildman–Crippen LogP) is 4.28. The maximum Gasteiger partial charge on any atom is 0.119 e. The maximum absolute atomic E-state index is 5.81. The molecule has 1 rings (SSSR count). The Bertz CT molecular complexity index is 360. The quantitative estimate of drug-likeness (QED) is 0.672. The van der Waals surface area contributed by atoms with Crippen LogP contribution in [0, 0.1) is 6.92 Å². The van der Waals surface area contributed by atoms with Crippen molar-refractivity contribution >= 4 is 0 Å². The smallest absolute Gasteiger partial charge is 0.119 e. The number of unbranched alkanes of at least 4 members (excludes halogenated alkanes) is 3. The molecule has 1 aromatic rings. The molecule has 0 bridgehead atoms. The topological polar surface area (TPSA) is 21.3 Å². The second-order valence-corrected chi connectivity index (χ2v) is 5.54. The van der Waals surface area contributed by atoms with Gasteiger partial charge in [-0.25, -0.2) is 0 Å². The Morgan fingerprint density at radius 2 is 1.84 bits per heavy atom. The molecule has 0 heterocycles. The van der Waals surface area contributed by atoms with Gasteiger partial charge in [-0.3, -0.25) is 0 Å². The van der Waals surface area contributed by atoms with Crippen molar-refractivity contribution in [1.29, 1.82) is 0 Å². The first-order valence-corrected chi connectivity index (χ1v) is 7.53. The van der Waals surface area contributed by atoms with Crippen LogP contribution in [0.2, 0.25) is 0 Å². The Kier molecular flexibility index (Phi) is 7.57. The summed E-state index contributed by atoms with van der Waals surface area (Å²) >= 11 is 0. The van der Waals surface area contributed by atoms with E-state index >= 15 is 0 Å². The fraction of sp³-hybridized carbons (Fsp3) is 0.647. The van der Waals surface area contributed by atoms with Gasteiger partial charge >= 0.3 is 0 Å². The highest BCUT2D eigenvalue weighted by atomic mass is 16.5. The molecule has 0 saturated heterocycles. The van der Waals surface area contributed by atoms with Gasteiger partial charge in [0.05, 0.1) is 6.61 Å². The molecule has 108 valence electrons. The second-order valence-electron chi connectivity index (χ2n) is 5.54. The van der Waals surface area contributed by atoms with Gasteiger partial charge in [-0.1, -0.05) is 32.8 Å². The lowest BCUT2D eigenvalue weighted by atomic mass is 9.98. The van der Waals surface area contributed by atoms with Gasteiger partial charge in [-0.05, 0) is 62.5 Å². The minimum absolute atomic E-state index is 0.584. The van der Waals surface area contributed by atoms with Crippen molar-refractivity contribution in [2.75, 3.05) is 20.2 Å². The van der Waals surface area contributed by atoms with Crippen LogP contribution in [0.4, 0.5) is 0 Å². The number of aryl methyl sites for hydroxylation is 1. The standard InChI is InChI=1S/C17H29NO/c1-14(2)17-10-9-16(13-15(17)3)19-12-8-6-5-7-11-18-4/h9-10,13-14,18H,5-8,11-12H2,1-4H3. The molecular formula is C17H29NO. The van der Waals surface area contributed by atoms with Crippen LogP contribution in [0.3, 0.4) is 0 Å². The number of rotatable bonds is 9. The Labute approximate surface area is 118 Å². The first-order valence-electron chi connectivity index (χ1n) is 7.53. The Hall–Kier alpha value is -1.02. The fourth-order valence-electron chi connectivity index (χ4n) is 2.33. The highest BCUT2D eigenvalue weighted by Gasteiger charge is 2.04. The fourth-order valence-corrected chi connectivity index (χ4v) is 2.33. The van der Waals surface area contributed by atoms with E-state index in [1.54, 1.807) is 0 Å². The molecule has 1 N–H and O–H groups in total. The minimum Gasteiger partial charge on any atom is -0.494 e. The van der Waals surface area contributed by atoms with Crippen LogP contribution in [0.25, 0.3) is 0 Å². The summed E-state index contributed by atoms with van der Waals surface area (Å²) in [6.45, 7) is 8.58. The van der Waals surface area contributed by atoms with Gasteiger partial charge in [0.1, 0.15) is 5.75 Å². The van der Waals surface area contributed by atoms with Crippen molar-refractivity contribution in [2.24, 2.45) is 0 Å². The predicted molar refractivity (Wildman–Crippen MR) is 83.2 cm³/mol. The molecule has 0 aliphatic rings. The highest BCUT2D eigenvalue weighted by Crippen LogP contribution is 2.23. The van der Waals surface area contributed by atoms with E-state index < -0.39 is 0 Å². The molecule has 1 aromatic carbocycles. The Balaban J connectivity index is 2.25. The van der Waals surface area contributed by atoms with Crippen molar-refractivity contribution in [2.45, 2.75) is 52.4 Å². The molecule has 0 radical (unpaired) electrons. The number of ether oxygens (including phenoxy) is 1. The molecule has 0 aromatic heterocycles. The highest BCUT2D eigenvalue weighted by molar-refractivity contribution is 5.36. The summed E-state index contributed by atoms with van der Waals surface area (Å²) in [5, 5.41) is 3.17. The van der Waals surface area contributed by atoms with E-state index in [0.29, 0.717) is 5.92 Å². The van der Waals surface area contributed by atoms with E-state index in [2.05, 4.69) is 44.3 Å². The second kappa shape index (κ2) is 8.98. The summed E-state index contributed by atoms with van der Waals surface area (Å²) in [6.07, 6.45) is 4.95. The van der Waals surface area contributed by atoms with Gasteiger partial charge < -0.3 is 10.1 Å². The van der Waals surface area contributed by atoms with E-state index in [1.165, 1.54) is 30.4 Å². The summed E-state index contributed by atoms with van der Waals surface area (Å²) in [7, 11) is 2.01. The third kappa shape index (κ3) is 6.11. The van der Waals surface area contributed by atoms with E-state index in [9.17, 15) is 0 Å². The van der Waals surface area contributed by atoms with Crippen molar-refractivity contribution in [3.8, 4) is 5.75 Å². The summed E-state index contributed by atoms with van der Waals surface area (Å²) < 4.78 is 5.81. The van der Waals surface area contributed by atoms with Crippen molar-refractivity contribution in [1.82, 2.24) is 5.32 Å². The summed E-state index contributed by atoms with van der Waals surface area (Å²) in [5.41, 5.74) is 2.75. The molecule has 0 fully saturated rings. The third-order valence-electron chi connectivity index (χ3n) is 3.45. The largest absolute Gasteiger partial charge is 0.494 e. The Morgan fingerprint density at radius 3 is 2.47 bits per heavy atom. The van der Waals surface area contributed by atoms with Gasteiger partial charge in [0.25, 0.3) is 0 Å².